The molecule has 0 N–H and O–H groups in total. The molecule has 11 heteroatoms. The minimum atomic E-state index is -5.53. The lowest BCUT2D eigenvalue weighted by atomic mass is 10.0. The molecule has 0 saturated heterocycles. The van der Waals surface area contributed by atoms with Crippen molar-refractivity contribution < 1.29 is 21.6 Å². The highest BCUT2D eigenvalue weighted by molar-refractivity contribution is 7.89. The number of nitrogens with zero attached hydrogens (tertiary/aromatic N) is 4. The Morgan fingerprint density at radius 1 is 1.15 bits per heavy atom. The third-order valence-electron chi connectivity index (χ3n) is 5.89. The van der Waals surface area contributed by atoms with Crippen LogP contribution >= 0.6 is 11.6 Å². The van der Waals surface area contributed by atoms with Crippen LogP contribution < -0.4 is 4.90 Å². The summed E-state index contributed by atoms with van der Waals surface area (Å²) in [7, 11) is -3.70. The molecule has 1 atom stereocenters. The molecule has 0 spiro atoms. The number of benzene rings is 2. The topological polar surface area (TPSA) is 58.4 Å². The largest absolute Gasteiger partial charge is 0.511 e. The van der Waals surface area contributed by atoms with E-state index in [0.717, 1.165) is 5.56 Å². The molecule has 3 aromatic rings. The fourth-order valence-corrected chi connectivity index (χ4v) is 5.35. The molecule has 6 nitrogen and oxygen atoms in total. The van der Waals surface area contributed by atoms with Gasteiger partial charge in [0, 0.05) is 43.1 Å². The van der Waals surface area contributed by atoms with Gasteiger partial charge in [0.1, 0.15) is 0 Å². The van der Waals surface area contributed by atoms with E-state index >= 15 is 0 Å². The number of fused-ring (bicyclic) bond motifs is 1. The second kappa shape index (κ2) is 9.59. The standard InChI is InChI=1S/C23H24ClF3N4O2S/c1-29-13-20(28-16-29)14-31-21(10-7-17-5-3-2-4-6-17)15-30(34(32,33)23(25,26)27)12-18-8-9-19(24)11-22(18)31/h2-6,8-9,11,13,16,21H,7,10,12,14-15H2,1H3/t21-/m0/s1. The molecule has 0 fully saturated rings. The third-order valence-corrected chi connectivity index (χ3v) is 7.67. The van der Waals surface area contributed by atoms with Crippen LogP contribution in [0.1, 0.15) is 23.2 Å². The average Bonchev–Trinajstić information content (AvgIpc) is 3.12. The van der Waals surface area contributed by atoms with Crippen molar-refractivity contribution >= 4 is 27.3 Å². The van der Waals surface area contributed by atoms with Gasteiger partial charge in [-0.05, 0) is 36.1 Å². The van der Waals surface area contributed by atoms with Crippen LogP contribution in [0.15, 0.2) is 61.1 Å². The molecule has 1 aromatic heterocycles. The van der Waals surface area contributed by atoms with Crippen LogP contribution in [0.2, 0.25) is 5.02 Å². The molecule has 0 bridgehead atoms. The Balaban J connectivity index is 1.77. The van der Waals surface area contributed by atoms with Gasteiger partial charge in [0.25, 0.3) is 0 Å². The zero-order valence-electron chi connectivity index (χ0n) is 18.4. The number of alkyl halides is 3. The molecule has 1 aliphatic heterocycles. The smallest absolute Gasteiger partial charge is 0.361 e. The fourth-order valence-electron chi connectivity index (χ4n) is 4.21. The van der Waals surface area contributed by atoms with Crippen molar-refractivity contribution in [1.29, 1.82) is 0 Å². The number of rotatable bonds is 6. The lowest BCUT2D eigenvalue weighted by Gasteiger charge is -2.34. The van der Waals surface area contributed by atoms with Gasteiger partial charge in [-0.2, -0.15) is 17.5 Å². The lowest BCUT2D eigenvalue weighted by Crippen LogP contribution is -2.47. The summed E-state index contributed by atoms with van der Waals surface area (Å²) in [4.78, 5) is 6.30. The van der Waals surface area contributed by atoms with E-state index in [9.17, 15) is 21.6 Å². The maximum absolute atomic E-state index is 13.5. The Morgan fingerprint density at radius 3 is 2.53 bits per heavy atom. The normalized spacial score (nSPS) is 17.4. The molecule has 0 radical (unpaired) electrons. The van der Waals surface area contributed by atoms with E-state index in [-0.39, 0.29) is 6.54 Å². The predicted molar refractivity (Wildman–Crippen MR) is 125 cm³/mol. The number of sulfonamides is 1. The Hall–Kier alpha value is -2.56. The molecule has 2 aromatic carbocycles. The zero-order chi connectivity index (χ0) is 24.5. The first kappa shape index (κ1) is 24.6. The Kier molecular flexibility index (Phi) is 6.93. The van der Waals surface area contributed by atoms with Crippen molar-refractivity contribution in [2.75, 3.05) is 11.4 Å². The van der Waals surface area contributed by atoms with Crippen LogP contribution in [0.5, 0.6) is 0 Å². The molecule has 182 valence electrons. The van der Waals surface area contributed by atoms with Crippen molar-refractivity contribution in [3.8, 4) is 0 Å². The Labute approximate surface area is 201 Å². The summed E-state index contributed by atoms with van der Waals surface area (Å²) in [6.07, 6.45) is 4.48. The van der Waals surface area contributed by atoms with E-state index in [1.165, 1.54) is 0 Å². The number of hydrogen-bond donors (Lipinski definition) is 0. The number of aryl methyl sites for hydroxylation is 2. The summed E-state index contributed by atoms with van der Waals surface area (Å²) >= 11 is 6.26. The molecule has 0 amide bonds. The molecular formula is C23H24ClF3N4O2S. The van der Waals surface area contributed by atoms with Crippen LogP contribution in [0.3, 0.4) is 0 Å². The van der Waals surface area contributed by atoms with Crippen molar-refractivity contribution in [1.82, 2.24) is 13.9 Å². The van der Waals surface area contributed by atoms with Crippen molar-refractivity contribution in [3.05, 3.63) is 82.9 Å². The highest BCUT2D eigenvalue weighted by atomic mass is 35.5. The molecule has 0 aliphatic carbocycles. The van der Waals surface area contributed by atoms with Gasteiger partial charge in [-0.25, -0.2) is 13.4 Å². The summed E-state index contributed by atoms with van der Waals surface area (Å²) in [6.45, 7) is -0.406. The average molecular weight is 513 g/mol. The van der Waals surface area contributed by atoms with E-state index in [1.54, 1.807) is 29.1 Å². The maximum atomic E-state index is 13.5. The van der Waals surface area contributed by atoms with Crippen LogP contribution in [-0.2, 0) is 36.6 Å². The summed E-state index contributed by atoms with van der Waals surface area (Å²) in [5.41, 5.74) is -2.60. The summed E-state index contributed by atoms with van der Waals surface area (Å²) in [6, 6.07) is 13.8. The molecule has 2 heterocycles. The van der Waals surface area contributed by atoms with Gasteiger partial charge >= 0.3 is 15.5 Å². The highest BCUT2D eigenvalue weighted by Gasteiger charge is 2.51. The Bertz CT molecular complexity index is 1250. The van der Waals surface area contributed by atoms with E-state index in [4.69, 9.17) is 11.6 Å². The van der Waals surface area contributed by atoms with E-state index in [0.29, 0.717) is 45.7 Å². The van der Waals surface area contributed by atoms with E-state index in [2.05, 4.69) is 4.98 Å². The number of halogens is 4. The van der Waals surface area contributed by atoms with Crippen LogP contribution in [-0.4, -0.2) is 40.4 Å². The van der Waals surface area contributed by atoms with Gasteiger partial charge < -0.3 is 9.47 Å². The van der Waals surface area contributed by atoms with Gasteiger partial charge in [0.2, 0.25) is 0 Å². The molecule has 1 aliphatic rings. The minimum absolute atomic E-state index is 0.299. The van der Waals surface area contributed by atoms with Crippen LogP contribution in [0.4, 0.5) is 18.9 Å². The zero-order valence-corrected chi connectivity index (χ0v) is 20.0. The van der Waals surface area contributed by atoms with Crippen LogP contribution in [0, 0.1) is 0 Å². The van der Waals surface area contributed by atoms with Crippen molar-refractivity contribution in [2.45, 2.75) is 37.5 Å². The Morgan fingerprint density at radius 2 is 1.88 bits per heavy atom. The number of hydrogen-bond acceptors (Lipinski definition) is 4. The highest BCUT2D eigenvalue weighted by Crippen LogP contribution is 2.37. The SMILES string of the molecule is Cn1cnc(CN2c3cc(Cl)ccc3CN(S(=O)(=O)C(F)(F)F)C[C@@H]2CCc2ccccc2)c1. The molecule has 0 unspecified atom stereocenters. The van der Waals surface area contributed by atoms with Crippen molar-refractivity contribution in [3.63, 3.8) is 0 Å². The van der Waals surface area contributed by atoms with Gasteiger partial charge in [-0.3, -0.25) is 0 Å². The van der Waals surface area contributed by atoms with E-state index in [1.807, 2.05) is 48.5 Å². The molecular weight excluding hydrogens is 489 g/mol. The van der Waals surface area contributed by atoms with Crippen molar-refractivity contribution in [2.24, 2.45) is 7.05 Å². The number of anilines is 1. The van der Waals surface area contributed by atoms with Gasteiger partial charge in [-0.1, -0.05) is 48.0 Å². The van der Waals surface area contributed by atoms with Gasteiger partial charge in [-0.15, -0.1) is 0 Å². The maximum Gasteiger partial charge on any atom is 0.511 e. The first-order chi connectivity index (χ1) is 16.0. The number of imidazole rings is 1. The first-order valence-electron chi connectivity index (χ1n) is 10.7. The third kappa shape index (κ3) is 5.24. The van der Waals surface area contributed by atoms with Gasteiger partial charge in [0.15, 0.2) is 0 Å². The fraction of sp³-hybridized carbons (Fsp3) is 0.348. The summed E-state index contributed by atoms with van der Waals surface area (Å²) in [5, 5.41) is 0.415. The van der Waals surface area contributed by atoms with Gasteiger partial charge in [0.05, 0.1) is 18.6 Å². The summed E-state index contributed by atoms with van der Waals surface area (Å²) in [5.74, 6) is 0. The number of aromatic nitrogens is 2. The quantitative estimate of drug-likeness (QED) is 0.478. The molecule has 0 saturated carbocycles. The lowest BCUT2D eigenvalue weighted by molar-refractivity contribution is -0.0492. The van der Waals surface area contributed by atoms with Crippen LogP contribution in [0.25, 0.3) is 0 Å². The predicted octanol–water partition coefficient (Wildman–Crippen LogP) is 4.75. The first-order valence-corrected chi connectivity index (χ1v) is 12.5. The molecule has 4 rings (SSSR count). The second-order valence-electron chi connectivity index (χ2n) is 8.35. The minimum Gasteiger partial charge on any atom is -0.361 e. The van der Waals surface area contributed by atoms with E-state index < -0.39 is 28.1 Å². The summed E-state index contributed by atoms with van der Waals surface area (Å²) < 4.78 is 67.9. The second-order valence-corrected chi connectivity index (χ2v) is 10.7. The molecule has 34 heavy (non-hydrogen) atoms. The monoisotopic (exact) mass is 512 g/mol.